The van der Waals surface area contributed by atoms with Gasteiger partial charge in [-0.05, 0) is 32.6 Å². The third-order valence-electron chi connectivity index (χ3n) is 5.64. The third-order valence-corrected chi connectivity index (χ3v) is 7.91. The van der Waals surface area contributed by atoms with Crippen molar-refractivity contribution in [2.24, 2.45) is 4.36 Å². The highest BCUT2D eigenvalue weighted by atomic mass is 32.2. The first-order valence-electron chi connectivity index (χ1n) is 9.43. The normalized spacial score (nSPS) is 31.1. The summed E-state index contributed by atoms with van der Waals surface area (Å²) in [6, 6.07) is 0. The van der Waals surface area contributed by atoms with Gasteiger partial charge in [-0.3, -0.25) is 9.59 Å². The zero-order chi connectivity index (χ0) is 19.2. The van der Waals surface area contributed by atoms with Gasteiger partial charge in [0, 0.05) is 30.9 Å². The fourth-order valence-corrected chi connectivity index (χ4v) is 6.23. The predicted octanol–water partition coefficient (Wildman–Crippen LogP) is 1.88. The van der Waals surface area contributed by atoms with Crippen molar-refractivity contribution in [1.29, 1.82) is 0 Å². The predicted molar refractivity (Wildman–Crippen MR) is 98.0 cm³/mol. The van der Waals surface area contributed by atoms with Crippen LogP contribution >= 0.6 is 0 Å². The van der Waals surface area contributed by atoms with E-state index in [4.69, 9.17) is 9.26 Å². The van der Waals surface area contributed by atoms with E-state index < -0.39 is 21.2 Å². The van der Waals surface area contributed by atoms with Crippen LogP contribution in [-0.4, -0.2) is 62.9 Å². The molecule has 9 heteroatoms. The Labute approximate surface area is 158 Å². The molecule has 4 rings (SSSR count). The molecular weight excluding hydrogens is 370 g/mol. The molecule has 2 saturated heterocycles. The second-order valence-corrected chi connectivity index (χ2v) is 10.4. The first-order valence-corrected chi connectivity index (χ1v) is 11.3. The van der Waals surface area contributed by atoms with Crippen molar-refractivity contribution >= 4 is 21.5 Å². The number of carbonyl (C=O) groups is 2. The van der Waals surface area contributed by atoms with E-state index >= 15 is 0 Å². The van der Waals surface area contributed by atoms with Crippen molar-refractivity contribution < 1.29 is 23.1 Å². The minimum absolute atomic E-state index is 0.0574. The maximum absolute atomic E-state index is 13.2. The number of aryl methyl sites for hydroxylation is 1. The van der Waals surface area contributed by atoms with Crippen LogP contribution in [0, 0.1) is 6.92 Å². The number of hydrogen-bond donors (Lipinski definition) is 0. The van der Waals surface area contributed by atoms with Gasteiger partial charge in [-0.15, -0.1) is 0 Å². The number of morpholine rings is 1. The highest BCUT2D eigenvalue weighted by Crippen LogP contribution is 2.43. The molecule has 3 fully saturated rings. The van der Waals surface area contributed by atoms with E-state index in [0.717, 1.165) is 12.8 Å². The molecule has 3 aliphatic rings. The van der Waals surface area contributed by atoms with Crippen LogP contribution in [0.15, 0.2) is 8.89 Å². The van der Waals surface area contributed by atoms with Gasteiger partial charge in [0.1, 0.15) is 5.56 Å². The summed E-state index contributed by atoms with van der Waals surface area (Å²) in [7, 11) is -2.50. The van der Waals surface area contributed by atoms with E-state index in [2.05, 4.69) is 9.52 Å². The maximum atomic E-state index is 13.2. The quantitative estimate of drug-likeness (QED) is 0.758. The lowest BCUT2D eigenvalue weighted by atomic mass is 9.93. The van der Waals surface area contributed by atoms with Gasteiger partial charge < -0.3 is 14.2 Å². The molecule has 27 heavy (non-hydrogen) atoms. The Morgan fingerprint density at radius 1 is 1.30 bits per heavy atom. The van der Waals surface area contributed by atoms with Crippen molar-refractivity contribution in [3.63, 3.8) is 0 Å². The molecule has 148 valence electrons. The lowest BCUT2D eigenvalue weighted by Crippen LogP contribution is -2.56. The average Bonchev–Trinajstić information content (AvgIpc) is 3.39. The smallest absolute Gasteiger partial charge is 0.259 e. The average molecular weight is 395 g/mol. The van der Waals surface area contributed by atoms with E-state index in [9.17, 15) is 13.8 Å². The van der Waals surface area contributed by atoms with Crippen LogP contribution in [-0.2, 0) is 19.3 Å². The van der Waals surface area contributed by atoms with Crippen molar-refractivity contribution in [3.05, 3.63) is 17.0 Å². The molecule has 8 nitrogen and oxygen atoms in total. The van der Waals surface area contributed by atoms with Crippen LogP contribution in [0.1, 0.15) is 60.3 Å². The van der Waals surface area contributed by atoms with Gasteiger partial charge in [-0.2, -0.15) is 4.36 Å². The first-order chi connectivity index (χ1) is 12.8. The summed E-state index contributed by atoms with van der Waals surface area (Å²) in [5, 5.41) is 4.01. The van der Waals surface area contributed by atoms with Gasteiger partial charge >= 0.3 is 0 Å². The Hall–Kier alpha value is -1.74. The third kappa shape index (κ3) is 3.67. The minimum atomic E-state index is -2.50. The van der Waals surface area contributed by atoms with Crippen LogP contribution in [0.4, 0.5) is 0 Å². The fourth-order valence-electron chi connectivity index (χ4n) is 3.99. The second-order valence-electron chi connectivity index (χ2n) is 7.83. The summed E-state index contributed by atoms with van der Waals surface area (Å²) in [5.41, 5.74) is 0.724. The van der Waals surface area contributed by atoms with Gasteiger partial charge in [0.05, 0.1) is 34.2 Å². The summed E-state index contributed by atoms with van der Waals surface area (Å²) < 4.78 is 28.0. The van der Waals surface area contributed by atoms with Crippen molar-refractivity contribution in [2.75, 3.05) is 31.2 Å². The van der Waals surface area contributed by atoms with Crippen molar-refractivity contribution in [3.8, 4) is 0 Å². The molecule has 0 bridgehead atoms. The Morgan fingerprint density at radius 3 is 2.63 bits per heavy atom. The Bertz CT molecular complexity index is 881. The molecule has 1 spiro atoms. The molecular formula is C18H25N3O5S. The van der Waals surface area contributed by atoms with E-state index in [-0.39, 0.29) is 5.91 Å². The Kier molecular flexibility index (Phi) is 4.62. The molecule has 1 saturated carbocycles. The van der Waals surface area contributed by atoms with Crippen LogP contribution in [0.25, 0.3) is 0 Å². The fraction of sp³-hybridized carbons (Fsp3) is 0.722. The highest BCUT2D eigenvalue weighted by molar-refractivity contribution is 7.93. The molecule has 3 heterocycles. The molecule has 0 N–H and O–H groups in total. The molecule has 0 atom stereocenters. The van der Waals surface area contributed by atoms with E-state index in [1.54, 1.807) is 6.92 Å². The van der Waals surface area contributed by atoms with E-state index in [0.29, 0.717) is 67.0 Å². The number of rotatable bonds is 2. The zero-order valence-electron chi connectivity index (χ0n) is 15.7. The highest BCUT2D eigenvalue weighted by Gasteiger charge is 2.44. The number of amides is 2. The van der Waals surface area contributed by atoms with Gasteiger partial charge in [0.15, 0.2) is 5.76 Å². The molecule has 2 aliphatic heterocycles. The topological polar surface area (TPSA) is 102 Å². The molecule has 1 aliphatic carbocycles. The molecule has 1 aromatic heterocycles. The Morgan fingerprint density at radius 2 is 2.00 bits per heavy atom. The van der Waals surface area contributed by atoms with Gasteiger partial charge in [0.25, 0.3) is 11.8 Å². The summed E-state index contributed by atoms with van der Waals surface area (Å²) in [6.07, 6.45) is 3.14. The number of carbonyl (C=O) groups excluding carboxylic acids is 2. The summed E-state index contributed by atoms with van der Waals surface area (Å²) >= 11 is 0. The number of ether oxygens (including phenoxy) is 1. The number of aromatic nitrogens is 1. The van der Waals surface area contributed by atoms with E-state index in [1.807, 2.05) is 4.90 Å². The van der Waals surface area contributed by atoms with E-state index in [1.165, 1.54) is 6.92 Å². The Balaban J connectivity index is 1.51. The largest absolute Gasteiger partial charge is 0.371 e. The van der Waals surface area contributed by atoms with Crippen LogP contribution in [0.2, 0.25) is 0 Å². The van der Waals surface area contributed by atoms with Crippen LogP contribution in [0.3, 0.4) is 0 Å². The summed E-state index contributed by atoms with van der Waals surface area (Å²) in [6.45, 7) is 4.55. The summed E-state index contributed by atoms with van der Waals surface area (Å²) in [4.78, 5) is 26.2. The summed E-state index contributed by atoms with van der Waals surface area (Å²) in [5.74, 6) is 1.23. The second kappa shape index (κ2) is 6.70. The molecule has 1 aromatic rings. The maximum Gasteiger partial charge on any atom is 0.259 e. The van der Waals surface area contributed by atoms with Crippen molar-refractivity contribution in [2.45, 2.75) is 51.0 Å². The lowest BCUT2D eigenvalue weighted by Gasteiger charge is -2.45. The number of nitrogens with zero attached hydrogens (tertiary/aromatic N) is 3. The standard InChI is InChI=1S/C18H25N3O5S/c1-12-15(16(26-19-12)14-3-4-14)17(23)21-7-8-25-18(11-21)5-9-27(24,10-6-18)20-13(2)22/h14H,3-11H2,1-2H3. The molecule has 0 unspecified atom stereocenters. The SMILES string of the molecule is CC(=O)N=S1(=O)CCC2(CC1)CN(C(=O)c1c(C)noc1C1CC1)CCO2. The van der Waals surface area contributed by atoms with Crippen molar-refractivity contribution in [1.82, 2.24) is 10.1 Å². The molecule has 2 amide bonds. The molecule has 0 radical (unpaired) electrons. The van der Waals surface area contributed by atoms with Gasteiger partial charge in [-0.1, -0.05) is 5.16 Å². The molecule has 0 aromatic carbocycles. The zero-order valence-corrected chi connectivity index (χ0v) is 16.5. The minimum Gasteiger partial charge on any atom is -0.371 e. The van der Waals surface area contributed by atoms with Gasteiger partial charge in [-0.25, -0.2) is 4.21 Å². The lowest BCUT2D eigenvalue weighted by molar-refractivity contribution is -0.115. The number of hydrogen-bond acceptors (Lipinski definition) is 6. The van der Waals surface area contributed by atoms with Crippen LogP contribution < -0.4 is 0 Å². The monoisotopic (exact) mass is 395 g/mol. The van der Waals surface area contributed by atoms with Gasteiger partial charge in [0.2, 0.25) is 0 Å². The van der Waals surface area contributed by atoms with Crippen LogP contribution in [0.5, 0.6) is 0 Å². The first kappa shape index (κ1) is 18.6.